The second kappa shape index (κ2) is 6.32. The number of rotatable bonds is 2. The molecule has 118 valence electrons. The predicted molar refractivity (Wildman–Crippen MR) is 89.2 cm³/mol. The number of nitrogens with two attached hydrogens (primary N) is 1. The highest BCUT2D eigenvalue weighted by Gasteiger charge is 2.33. The van der Waals surface area contributed by atoms with Gasteiger partial charge in [-0.1, -0.05) is 29.8 Å². The van der Waals surface area contributed by atoms with Crippen LogP contribution < -0.4 is 15.2 Å². The van der Waals surface area contributed by atoms with E-state index in [0.717, 1.165) is 42.0 Å². The molecule has 0 bridgehead atoms. The molecule has 0 aromatic heterocycles. The van der Waals surface area contributed by atoms with Crippen LogP contribution in [-0.2, 0) is 6.54 Å². The fourth-order valence-electron chi connectivity index (χ4n) is 2.94. The second-order valence-corrected chi connectivity index (χ2v) is 7.25. The van der Waals surface area contributed by atoms with Gasteiger partial charge in [0.1, 0.15) is 0 Å². The van der Waals surface area contributed by atoms with Crippen molar-refractivity contribution in [2.45, 2.75) is 32.9 Å². The molecule has 1 fully saturated rings. The lowest BCUT2D eigenvalue weighted by molar-refractivity contribution is 0.0897. The van der Waals surface area contributed by atoms with Crippen LogP contribution in [0.2, 0.25) is 0 Å². The highest BCUT2D eigenvalue weighted by Crippen LogP contribution is 2.38. The average molecular weight is 378 g/mol. The van der Waals surface area contributed by atoms with Crippen molar-refractivity contribution in [1.29, 1.82) is 0 Å². The maximum absolute atomic E-state index is 6.20. The van der Waals surface area contributed by atoms with Gasteiger partial charge in [-0.05, 0) is 29.5 Å². The lowest BCUT2D eigenvalue weighted by atomic mass is 9.79. The van der Waals surface area contributed by atoms with Crippen LogP contribution >= 0.6 is 28.3 Å². The molecule has 1 atom stereocenters. The van der Waals surface area contributed by atoms with Gasteiger partial charge in [0.25, 0.3) is 0 Å². The van der Waals surface area contributed by atoms with Crippen LogP contribution in [0.1, 0.15) is 25.8 Å². The van der Waals surface area contributed by atoms with Gasteiger partial charge in [-0.3, -0.25) is 4.90 Å². The number of hydrogen-bond donors (Lipinski definition) is 1. The van der Waals surface area contributed by atoms with E-state index in [9.17, 15) is 0 Å². The van der Waals surface area contributed by atoms with Gasteiger partial charge < -0.3 is 15.2 Å². The minimum absolute atomic E-state index is 0. The van der Waals surface area contributed by atoms with Crippen molar-refractivity contribution in [3.8, 4) is 11.5 Å². The monoisotopic (exact) mass is 376 g/mol. The zero-order chi connectivity index (χ0) is 14.3. The summed E-state index contributed by atoms with van der Waals surface area (Å²) in [5, 5.41) is 0. The van der Waals surface area contributed by atoms with Gasteiger partial charge in [-0.25, -0.2) is 0 Å². The number of fused-ring (bicyclic) bond motifs is 1. The van der Waals surface area contributed by atoms with Crippen LogP contribution in [0, 0.1) is 5.41 Å². The van der Waals surface area contributed by atoms with Gasteiger partial charge in [0.15, 0.2) is 11.5 Å². The molecule has 1 aromatic carbocycles. The highest BCUT2D eigenvalue weighted by molar-refractivity contribution is 9.10. The Hall–Kier alpha value is -0.490. The first-order valence-corrected chi connectivity index (χ1v) is 7.81. The maximum Gasteiger partial charge on any atom is 0.231 e. The quantitative estimate of drug-likeness (QED) is 0.860. The van der Waals surface area contributed by atoms with E-state index in [4.69, 9.17) is 15.2 Å². The zero-order valence-electron chi connectivity index (χ0n) is 12.4. The molecule has 21 heavy (non-hydrogen) atoms. The Labute approximate surface area is 140 Å². The zero-order valence-corrected chi connectivity index (χ0v) is 14.8. The Bertz CT molecular complexity index is 525. The highest BCUT2D eigenvalue weighted by atomic mass is 79.9. The van der Waals surface area contributed by atoms with Crippen molar-refractivity contribution >= 4 is 28.3 Å². The number of likely N-dealkylation sites (tertiary alicyclic amines) is 1. The van der Waals surface area contributed by atoms with Gasteiger partial charge in [0, 0.05) is 30.1 Å². The fraction of sp³-hybridized carbons (Fsp3) is 0.600. The van der Waals surface area contributed by atoms with Crippen molar-refractivity contribution in [3.63, 3.8) is 0 Å². The van der Waals surface area contributed by atoms with E-state index >= 15 is 0 Å². The van der Waals surface area contributed by atoms with E-state index in [0.29, 0.717) is 12.8 Å². The number of halogens is 2. The molecule has 1 aromatic rings. The Morgan fingerprint density at radius 1 is 1.33 bits per heavy atom. The lowest BCUT2D eigenvalue weighted by Gasteiger charge is -2.42. The van der Waals surface area contributed by atoms with Crippen molar-refractivity contribution in [2.24, 2.45) is 11.1 Å². The minimum Gasteiger partial charge on any atom is -0.454 e. The Morgan fingerprint density at radius 2 is 2.00 bits per heavy atom. The average Bonchev–Trinajstić information content (AvgIpc) is 2.81. The molecule has 3 rings (SSSR count). The first-order valence-electron chi connectivity index (χ1n) is 7.02. The molecule has 2 aliphatic rings. The number of ether oxygens (including phenoxy) is 2. The third-order valence-electron chi connectivity index (χ3n) is 4.33. The van der Waals surface area contributed by atoms with Gasteiger partial charge in [-0.15, -0.1) is 12.4 Å². The third-order valence-corrected chi connectivity index (χ3v) is 5.06. The van der Waals surface area contributed by atoms with Gasteiger partial charge in [0.05, 0.1) is 0 Å². The van der Waals surface area contributed by atoms with E-state index in [-0.39, 0.29) is 17.8 Å². The van der Waals surface area contributed by atoms with Gasteiger partial charge in [0.2, 0.25) is 6.79 Å². The summed E-state index contributed by atoms with van der Waals surface area (Å²) in [5.41, 5.74) is 7.60. The van der Waals surface area contributed by atoms with Crippen LogP contribution in [0.4, 0.5) is 0 Å². The molecular formula is C15H22BrClN2O2. The van der Waals surface area contributed by atoms with E-state index in [2.05, 4.69) is 40.7 Å². The first kappa shape index (κ1) is 16.9. The first-order chi connectivity index (χ1) is 9.45. The molecule has 1 unspecified atom stereocenters. The molecule has 0 aliphatic carbocycles. The summed E-state index contributed by atoms with van der Waals surface area (Å²) in [7, 11) is 0. The van der Waals surface area contributed by atoms with E-state index < -0.39 is 0 Å². The van der Waals surface area contributed by atoms with Crippen LogP contribution in [0.15, 0.2) is 16.6 Å². The number of hydrogen-bond acceptors (Lipinski definition) is 4. The summed E-state index contributed by atoms with van der Waals surface area (Å²) >= 11 is 3.63. The minimum atomic E-state index is 0. The van der Waals surface area contributed by atoms with Crippen LogP contribution in [0.3, 0.4) is 0 Å². The smallest absolute Gasteiger partial charge is 0.231 e. The predicted octanol–water partition coefficient (Wildman–Crippen LogP) is 3.16. The standard InChI is InChI=1S/C15H21BrN2O2.ClH/c1-15(2)8-18(4-3-14(15)17)7-10-5-12-13(6-11(10)16)20-9-19-12;/h5-6,14H,3-4,7-9,17H2,1-2H3;1H. The largest absolute Gasteiger partial charge is 0.454 e. The topological polar surface area (TPSA) is 47.7 Å². The molecule has 2 aliphatic heterocycles. The maximum atomic E-state index is 6.20. The summed E-state index contributed by atoms with van der Waals surface area (Å²) in [6.07, 6.45) is 1.05. The molecular weight excluding hydrogens is 356 g/mol. The Morgan fingerprint density at radius 3 is 2.67 bits per heavy atom. The van der Waals surface area contributed by atoms with Crippen molar-refractivity contribution in [1.82, 2.24) is 4.90 Å². The molecule has 0 radical (unpaired) electrons. The molecule has 2 N–H and O–H groups in total. The van der Waals surface area contributed by atoms with Crippen molar-refractivity contribution < 1.29 is 9.47 Å². The van der Waals surface area contributed by atoms with E-state index in [1.807, 2.05) is 6.07 Å². The summed E-state index contributed by atoms with van der Waals surface area (Å²) in [6, 6.07) is 4.37. The van der Waals surface area contributed by atoms with Crippen LogP contribution in [0.25, 0.3) is 0 Å². The molecule has 0 spiro atoms. The molecule has 1 saturated heterocycles. The molecule has 0 amide bonds. The number of piperidine rings is 1. The van der Waals surface area contributed by atoms with E-state index in [1.54, 1.807) is 0 Å². The third kappa shape index (κ3) is 3.47. The van der Waals surface area contributed by atoms with Gasteiger partial charge in [-0.2, -0.15) is 0 Å². The van der Waals surface area contributed by atoms with Crippen LogP contribution in [0.5, 0.6) is 11.5 Å². The summed E-state index contributed by atoms with van der Waals surface area (Å²) in [4.78, 5) is 2.46. The Kier molecular flexibility index (Phi) is 5.08. The van der Waals surface area contributed by atoms with Crippen molar-refractivity contribution in [2.75, 3.05) is 19.9 Å². The normalized spacial score (nSPS) is 23.7. The number of nitrogens with zero attached hydrogens (tertiary/aromatic N) is 1. The second-order valence-electron chi connectivity index (χ2n) is 6.39. The van der Waals surface area contributed by atoms with Gasteiger partial charge >= 0.3 is 0 Å². The molecule has 2 heterocycles. The SMILES string of the molecule is CC1(C)CN(Cc2cc3c(cc2Br)OCO3)CCC1N.Cl. The molecule has 0 saturated carbocycles. The Balaban J connectivity index is 0.00000161. The summed E-state index contributed by atoms with van der Waals surface area (Å²) in [5.74, 6) is 1.66. The van der Waals surface area contributed by atoms with E-state index in [1.165, 1.54) is 5.56 Å². The molecule has 6 heteroatoms. The fourth-order valence-corrected chi connectivity index (χ4v) is 3.39. The summed E-state index contributed by atoms with van der Waals surface area (Å²) < 4.78 is 11.9. The number of benzene rings is 1. The molecule has 4 nitrogen and oxygen atoms in total. The van der Waals surface area contributed by atoms with Crippen molar-refractivity contribution in [3.05, 3.63) is 22.2 Å². The lowest BCUT2D eigenvalue weighted by Crippen LogP contribution is -2.52. The summed E-state index contributed by atoms with van der Waals surface area (Å²) in [6.45, 7) is 7.79. The van der Waals surface area contributed by atoms with Crippen LogP contribution in [-0.4, -0.2) is 30.8 Å².